The molecule has 0 aromatic rings. The zero-order chi connectivity index (χ0) is 15.3. The summed E-state index contributed by atoms with van der Waals surface area (Å²) in [4.78, 5) is 6.85. The Hall–Kier alpha value is -0.0400. The first-order valence-corrected chi connectivity index (χ1v) is 8.70. The SMILES string of the molecule is CN=C(NCC1(N(C)C)CCCC(C)C1)NC1CCCC1.I. The summed E-state index contributed by atoms with van der Waals surface area (Å²) in [5, 5.41) is 7.20. The topological polar surface area (TPSA) is 39.7 Å². The summed E-state index contributed by atoms with van der Waals surface area (Å²) >= 11 is 0. The largest absolute Gasteiger partial charge is 0.355 e. The molecule has 130 valence electrons. The molecule has 2 aliphatic carbocycles. The number of hydrogen-bond donors (Lipinski definition) is 2. The van der Waals surface area contributed by atoms with Crippen molar-refractivity contribution in [2.75, 3.05) is 27.7 Å². The molecule has 0 radical (unpaired) electrons. The second-order valence-electron chi connectivity index (χ2n) is 7.37. The van der Waals surface area contributed by atoms with Gasteiger partial charge >= 0.3 is 0 Å². The molecule has 2 saturated carbocycles. The predicted octanol–water partition coefficient (Wildman–Crippen LogP) is 3.22. The summed E-state index contributed by atoms with van der Waals surface area (Å²) in [6.07, 6.45) is 10.6. The van der Waals surface area contributed by atoms with Crippen molar-refractivity contribution in [2.45, 2.75) is 69.9 Å². The lowest BCUT2D eigenvalue weighted by Crippen LogP contribution is -2.57. The molecule has 2 fully saturated rings. The highest BCUT2D eigenvalue weighted by molar-refractivity contribution is 14.0. The van der Waals surface area contributed by atoms with E-state index in [1.54, 1.807) is 0 Å². The fraction of sp³-hybridized carbons (Fsp3) is 0.941. The van der Waals surface area contributed by atoms with Gasteiger partial charge in [-0.2, -0.15) is 0 Å². The highest BCUT2D eigenvalue weighted by Gasteiger charge is 2.37. The second-order valence-corrected chi connectivity index (χ2v) is 7.37. The van der Waals surface area contributed by atoms with Gasteiger partial charge in [-0.05, 0) is 45.7 Å². The fourth-order valence-corrected chi connectivity index (χ4v) is 4.06. The summed E-state index contributed by atoms with van der Waals surface area (Å²) < 4.78 is 0. The van der Waals surface area contributed by atoms with Crippen LogP contribution in [-0.4, -0.2) is 50.1 Å². The first-order chi connectivity index (χ1) is 10.1. The van der Waals surface area contributed by atoms with Crippen LogP contribution in [0.2, 0.25) is 0 Å². The number of rotatable bonds is 4. The van der Waals surface area contributed by atoms with E-state index in [9.17, 15) is 0 Å². The standard InChI is InChI=1S/C17H34N4.HI/c1-14-8-7-11-17(12-14,21(3)4)13-19-16(18-2)20-15-9-5-6-10-15;/h14-15H,5-13H2,1-4H3,(H2,18,19,20);1H. The van der Waals surface area contributed by atoms with Gasteiger partial charge in [0.1, 0.15) is 0 Å². The van der Waals surface area contributed by atoms with Crippen molar-refractivity contribution in [3.63, 3.8) is 0 Å². The van der Waals surface area contributed by atoms with Gasteiger partial charge in [0.15, 0.2) is 5.96 Å². The average molecular weight is 422 g/mol. The lowest BCUT2D eigenvalue weighted by molar-refractivity contribution is 0.0795. The van der Waals surface area contributed by atoms with E-state index in [4.69, 9.17) is 0 Å². The van der Waals surface area contributed by atoms with Gasteiger partial charge in [-0.3, -0.25) is 4.99 Å². The summed E-state index contributed by atoms with van der Waals surface area (Å²) in [6, 6.07) is 0.622. The fourth-order valence-electron chi connectivity index (χ4n) is 4.06. The molecule has 0 bridgehead atoms. The van der Waals surface area contributed by atoms with E-state index in [1.165, 1.54) is 51.4 Å². The third kappa shape index (κ3) is 5.25. The summed E-state index contributed by atoms with van der Waals surface area (Å²) in [5.41, 5.74) is 0.283. The van der Waals surface area contributed by atoms with Crippen molar-refractivity contribution in [1.29, 1.82) is 0 Å². The molecule has 0 spiro atoms. The molecule has 0 aromatic carbocycles. The van der Waals surface area contributed by atoms with Crippen molar-refractivity contribution in [2.24, 2.45) is 10.9 Å². The molecule has 2 atom stereocenters. The first-order valence-electron chi connectivity index (χ1n) is 8.70. The quantitative estimate of drug-likeness (QED) is 0.415. The number of nitrogens with zero attached hydrogens (tertiary/aromatic N) is 2. The molecule has 0 aliphatic heterocycles. The molecule has 2 unspecified atom stereocenters. The van der Waals surface area contributed by atoms with E-state index in [2.05, 4.69) is 41.5 Å². The van der Waals surface area contributed by atoms with Crippen molar-refractivity contribution in [1.82, 2.24) is 15.5 Å². The molecular weight excluding hydrogens is 387 g/mol. The third-order valence-electron chi connectivity index (χ3n) is 5.52. The van der Waals surface area contributed by atoms with Crippen LogP contribution in [0.1, 0.15) is 58.3 Å². The number of halogens is 1. The Morgan fingerprint density at radius 3 is 2.41 bits per heavy atom. The lowest BCUT2D eigenvalue weighted by Gasteiger charge is -2.45. The van der Waals surface area contributed by atoms with Crippen LogP contribution >= 0.6 is 24.0 Å². The van der Waals surface area contributed by atoms with E-state index >= 15 is 0 Å². The molecule has 5 heteroatoms. The second kappa shape index (κ2) is 9.30. The molecule has 2 aliphatic rings. The van der Waals surface area contributed by atoms with Crippen LogP contribution in [0, 0.1) is 5.92 Å². The Kier molecular flexibility index (Phi) is 8.46. The Labute approximate surface area is 153 Å². The minimum Gasteiger partial charge on any atom is -0.355 e. The van der Waals surface area contributed by atoms with Crippen molar-refractivity contribution < 1.29 is 0 Å². The van der Waals surface area contributed by atoms with Gasteiger partial charge in [-0.1, -0.05) is 32.6 Å². The van der Waals surface area contributed by atoms with Crippen LogP contribution in [0.4, 0.5) is 0 Å². The molecule has 0 heterocycles. The molecule has 0 saturated heterocycles. The minimum atomic E-state index is 0. The van der Waals surface area contributed by atoms with E-state index in [0.717, 1.165) is 18.4 Å². The summed E-state index contributed by atoms with van der Waals surface area (Å²) in [7, 11) is 6.34. The maximum absolute atomic E-state index is 4.42. The maximum Gasteiger partial charge on any atom is 0.191 e. The van der Waals surface area contributed by atoms with Gasteiger partial charge in [0, 0.05) is 25.2 Å². The molecule has 0 aromatic heterocycles. The molecule has 0 amide bonds. The van der Waals surface area contributed by atoms with Gasteiger partial charge in [-0.15, -0.1) is 24.0 Å². The number of likely N-dealkylation sites (N-methyl/N-ethyl adjacent to an activating group) is 1. The Morgan fingerprint density at radius 1 is 1.18 bits per heavy atom. The third-order valence-corrected chi connectivity index (χ3v) is 5.52. The minimum absolute atomic E-state index is 0. The zero-order valence-corrected chi connectivity index (χ0v) is 17.2. The molecule has 2 rings (SSSR count). The number of nitrogens with one attached hydrogen (secondary N) is 2. The highest BCUT2D eigenvalue weighted by Crippen LogP contribution is 2.35. The first kappa shape index (κ1) is 20.0. The lowest BCUT2D eigenvalue weighted by atomic mass is 9.75. The van der Waals surface area contributed by atoms with E-state index in [-0.39, 0.29) is 29.5 Å². The average Bonchev–Trinajstić information content (AvgIpc) is 2.96. The van der Waals surface area contributed by atoms with Crippen LogP contribution in [0.25, 0.3) is 0 Å². The summed E-state index contributed by atoms with van der Waals surface area (Å²) in [6.45, 7) is 3.39. The van der Waals surface area contributed by atoms with E-state index < -0.39 is 0 Å². The van der Waals surface area contributed by atoms with Crippen LogP contribution in [0.3, 0.4) is 0 Å². The molecule has 22 heavy (non-hydrogen) atoms. The van der Waals surface area contributed by atoms with Crippen LogP contribution < -0.4 is 10.6 Å². The monoisotopic (exact) mass is 422 g/mol. The zero-order valence-electron chi connectivity index (χ0n) is 14.8. The van der Waals surface area contributed by atoms with Crippen LogP contribution in [0.5, 0.6) is 0 Å². The van der Waals surface area contributed by atoms with Crippen LogP contribution in [-0.2, 0) is 0 Å². The van der Waals surface area contributed by atoms with Crippen molar-refractivity contribution in [3.8, 4) is 0 Å². The van der Waals surface area contributed by atoms with Gasteiger partial charge < -0.3 is 15.5 Å². The number of aliphatic imine (C=N–C) groups is 1. The van der Waals surface area contributed by atoms with E-state index in [0.29, 0.717) is 6.04 Å². The van der Waals surface area contributed by atoms with Crippen molar-refractivity contribution in [3.05, 3.63) is 0 Å². The molecule has 4 nitrogen and oxygen atoms in total. The smallest absolute Gasteiger partial charge is 0.191 e. The Balaban J connectivity index is 0.00000242. The van der Waals surface area contributed by atoms with Gasteiger partial charge in [-0.25, -0.2) is 0 Å². The Bertz CT molecular complexity index is 353. The molecule has 2 N–H and O–H groups in total. The maximum atomic E-state index is 4.42. The summed E-state index contributed by atoms with van der Waals surface area (Å²) in [5.74, 6) is 1.81. The van der Waals surface area contributed by atoms with Crippen molar-refractivity contribution >= 4 is 29.9 Å². The highest BCUT2D eigenvalue weighted by atomic mass is 127. The molecular formula is C17H35IN4. The van der Waals surface area contributed by atoms with E-state index in [1.807, 2.05) is 7.05 Å². The Morgan fingerprint density at radius 2 is 1.86 bits per heavy atom. The number of hydrogen-bond acceptors (Lipinski definition) is 2. The number of guanidine groups is 1. The van der Waals surface area contributed by atoms with Crippen LogP contribution in [0.15, 0.2) is 4.99 Å². The predicted molar refractivity (Wildman–Crippen MR) is 106 cm³/mol. The van der Waals surface area contributed by atoms with Gasteiger partial charge in [0.05, 0.1) is 0 Å². The normalized spacial score (nSPS) is 30.2. The van der Waals surface area contributed by atoms with Gasteiger partial charge in [0.2, 0.25) is 0 Å². The van der Waals surface area contributed by atoms with Gasteiger partial charge in [0.25, 0.3) is 0 Å².